The maximum atomic E-state index is 9.51. The number of aliphatic hydroxyl groups is 1. The molecule has 1 rings (SSSR count). The number of rotatable bonds is 8. The lowest BCUT2D eigenvalue weighted by Gasteiger charge is -2.13. The van der Waals surface area contributed by atoms with Crippen molar-refractivity contribution in [2.75, 3.05) is 25.2 Å². The number of thioether (sulfide) groups is 1. The second-order valence-electron chi connectivity index (χ2n) is 3.99. The van der Waals surface area contributed by atoms with Crippen LogP contribution in [0, 0.1) is 0 Å². The normalized spacial score (nSPS) is 12.2. The SMILES string of the molecule is CCSCCCOc1ccc(C(C)O)cc1OC. The predicted octanol–water partition coefficient (Wildman–Crippen LogP) is 3.27. The molecule has 0 radical (unpaired) electrons. The minimum absolute atomic E-state index is 0.492. The summed E-state index contributed by atoms with van der Waals surface area (Å²) in [5, 5.41) is 9.51. The topological polar surface area (TPSA) is 38.7 Å². The van der Waals surface area contributed by atoms with Gasteiger partial charge in [0, 0.05) is 0 Å². The third-order valence-corrected chi connectivity index (χ3v) is 3.55. The van der Waals surface area contributed by atoms with E-state index in [0.29, 0.717) is 12.4 Å². The van der Waals surface area contributed by atoms with Gasteiger partial charge in [-0.25, -0.2) is 0 Å². The largest absolute Gasteiger partial charge is 0.493 e. The molecule has 102 valence electrons. The Bertz CT molecular complexity index is 353. The summed E-state index contributed by atoms with van der Waals surface area (Å²) < 4.78 is 11.0. The van der Waals surface area contributed by atoms with Gasteiger partial charge >= 0.3 is 0 Å². The molecule has 1 aromatic rings. The molecule has 0 heterocycles. The molecule has 0 bridgehead atoms. The Balaban J connectivity index is 2.54. The summed E-state index contributed by atoms with van der Waals surface area (Å²) in [6, 6.07) is 5.54. The molecule has 3 nitrogen and oxygen atoms in total. The van der Waals surface area contributed by atoms with Crippen LogP contribution in [-0.4, -0.2) is 30.3 Å². The van der Waals surface area contributed by atoms with Gasteiger partial charge in [-0.1, -0.05) is 13.0 Å². The molecule has 0 aliphatic carbocycles. The molecule has 1 atom stereocenters. The van der Waals surface area contributed by atoms with Gasteiger partial charge in [-0.2, -0.15) is 11.8 Å². The van der Waals surface area contributed by atoms with Gasteiger partial charge in [-0.3, -0.25) is 0 Å². The van der Waals surface area contributed by atoms with Crippen LogP contribution >= 0.6 is 11.8 Å². The van der Waals surface area contributed by atoms with E-state index in [1.807, 2.05) is 30.0 Å². The summed E-state index contributed by atoms with van der Waals surface area (Å²) >= 11 is 1.92. The Kier molecular flexibility index (Phi) is 6.98. The molecular formula is C14H22O3S. The zero-order valence-electron chi connectivity index (χ0n) is 11.3. The molecule has 0 saturated carbocycles. The van der Waals surface area contributed by atoms with Crippen LogP contribution in [0.15, 0.2) is 18.2 Å². The first-order valence-electron chi connectivity index (χ1n) is 6.25. The van der Waals surface area contributed by atoms with Crippen molar-refractivity contribution in [2.45, 2.75) is 26.4 Å². The smallest absolute Gasteiger partial charge is 0.161 e. The molecule has 0 aliphatic rings. The van der Waals surface area contributed by atoms with Crippen LogP contribution in [0.5, 0.6) is 11.5 Å². The fourth-order valence-electron chi connectivity index (χ4n) is 1.55. The minimum atomic E-state index is -0.492. The van der Waals surface area contributed by atoms with Crippen molar-refractivity contribution >= 4 is 11.8 Å². The lowest BCUT2D eigenvalue weighted by atomic mass is 10.1. The highest BCUT2D eigenvalue weighted by atomic mass is 32.2. The average molecular weight is 270 g/mol. The van der Waals surface area contributed by atoms with Crippen molar-refractivity contribution in [3.05, 3.63) is 23.8 Å². The molecule has 1 aromatic carbocycles. The first-order chi connectivity index (χ1) is 8.69. The number of hydrogen-bond donors (Lipinski definition) is 1. The monoisotopic (exact) mass is 270 g/mol. The lowest BCUT2D eigenvalue weighted by molar-refractivity contribution is 0.198. The first kappa shape index (κ1) is 15.2. The molecule has 1 N–H and O–H groups in total. The number of aliphatic hydroxyl groups excluding tert-OH is 1. The van der Waals surface area contributed by atoms with E-state index in [1.54, 1.807) is 14.0 Å². The number of methoxy groups -OCH3 is 1. The average Bonchev–Trinajstić information content (AvgIpc) is 2.38. The van der Waals surface area contributed by atoms with Crippen LogP contribution in [0.25, 0.3) is 0 Å². The second kappa shape index (κ2) is 8.27. The third-order valence-electron chi connectivity index (χ3n) is 2.56. The maximum Gasteiger partial charge on any atom is 0.161 e. The van der Waals surface area contributed by atoms with E-state index in [1.165, 1.54) is 0 Å². The van der Waals surface area contributed by atoms with E-state index in [9.17, 15) is 5.11 Å². The van der Waals surface area contributed by atoms with Crippen molar-refractivity contribution in [1.29, 1.82) is 0 Å². The van der Waals surface area contributed by atoms with Crippen molar-refractivity contribution in [2.24, 2.45) is 0 Å². The van der Waals surface area contributed by atoms with Crippen LogP contribution in [0.4, 0.5) is 0 Å². The summed E-state index contributed by atoms with van der Waals surface area (Å²) in [6.07, 6.45) is 0.536. The Morgan fingerprint density at radius 2 is 2.11 bits per heavy atom. The molecular weight excluding hydrogens is 248 g/mol. The number of ether oxygens (including phenoxy) is 2. The molecule has 1 unspecified atom stereocenters. The van der Waals surface area contributed by atoms with E-state index in [2.05, 4.69) is 6.92 Å². The van der Waals surface area contributed by atoms with E-state index < -0.39 is 6.10 Å². The standard InChI is InChI=1S/C14H22O3S/c1-4-18-9-5-8-17-13-7-6-12(11(2)15)10-14(13)16-3/h6-7,10-11,15H,4-5,8-9H2,1-3H3. The van der Waals surface area contributed by atoms with Crippen molar-refractivity contribution in [3.8, 4) is 11.5 Å². The Morgan fingerprint density at radius 3 is 2.72 bits per heavy atom. The molecule has 0 saturated heterocycles. The highest BCUT2D eigenvalue weighted by molar-refractivity contribution is 7.99. The van der Waals surface area contributed by atoms with Gasteiger partial charge < -0.3 is 14.6 Å². The van der Waals surface area contributed by atoms with Gasteiger partial charge in [-0.15, -0.1) is 0 Å². The van der Waals surface area contributed by atoms with Crippen LogP contribution in [-0.2, 0) is 0 Å². The van der Waals surface area contributed by atoms with Gasteiger partial charge in [0.05, 0.1) is 19.8 Å². The summed E-state index contributed by atoms with van der Waals surface area (Å²) in [4.78, 5) is 0. The fraction of sp³-hybridized carbons (Fsp3) is 0.571. The second-order valence-corrected chi connectivity index (χ2v) is 5.38. The van der Waals surface area contributed by atoms with Gasteiger partial charge in [0.25, 0.3) is 0 Å². The maximum absolute atomic E-state index is 9.51. The van der Waals surface area contributed by atoms with E-state index >= 15 is 0 Å². The van der Waals surface area contributed by atoms with Crippen LogP contribution in [0.2, 0.25) is 0 Å². The summed E-state index contributed by atoms with van der Waals surface area (Å²) in [5.41, 5.74) is 0.834. The molecule has 0 fully saturated rings. The van der Waals surface area contributed by atoms with Gasteiger partial charge in [0.15, 0.2) is 11.5 Å². The van der Waals surface area contributed by atoms with E-state index in [4.69, 9.17) is 9.47 Å². The Labute approximate surface area is 113 Å². The molecule has 18 heavy (non-hydrogen) atoms. The van der Waals surface area contributed by atoms with Gasteiger partial charge in [0.1, 0.15) is 0 Å². The lowest BCUT2D eigenvalue weighted by Crippen LogP contribution is -2.01. The van der Waals surface area contributed by atoms with Crippen molar-refractivity contribution < 1.29 is 14.6 Å². The van der Waals surface area contributed by atoms with Gasteiger partial charge in [-0.05, 0) is 42.5 Å². The van der Waals surface area contributed by atoms with Gasteiger partial charge in [0.2, 0.25) is 0 Å². The van der Waals surface area contributed by atoms with Crippen molar-refractivity contribution in [3.63, 3.8) is 0 Å². The van der Waals surface area contributed by atoms with Crippen LogP contribution in [0.1, 0.15) is 31.9 Å². The van der Waals surface area contributed by atoms with Crippen LogP contribution in [0.3, 0.4) is 0 Å². The zero-order valence-corrected chi connectivity index (χ0v) is 12.1. The Morgan fingerprint density at radius 1 is 1.33 bits per heavy atom. The Hall–Kier alpha value is -0.870. The van der Waals surface area contributed by atoms with Crippen molar-refractivity contribution in [1.82, 2.24) is 0 Å². The third kappa shape index (κ3) is 4.78. The highest BCUT2D eigenvalue weighted by Gasteiger charge is 2.08. The van der Waals surface area contributed by atoms with Crippen LogP contribution < -0.4 is 9.47 Å². The molecule has 0 spiro atoms. The quantitative estimate of drug-likeness (QED) is 0.736. The first-order valence-corrected chi connectivity index (χ1v) is 7.41. The summed E-state index contributed by atoms with van der Waals surface area (Å²) in [5.74, 6) is 3.68. The van der Waals surface area contributed by atoms with E-state index in [0.717, 1.165) is 29.2 Å². The zero-order chi connectivity index (χ0) is 13.4. The molecule has 0 aromatic heterocycles. The van der Waals surface area contributed by atoms with E-state index in [-0.39, 0.29) is 0 Å². The number of benzene rings is 1. The highest BCUT2D eigenvalue weighted by Crippen LogP contribution is 2.30. The molecule has 0 aliphatic heterocycles. The molecule has 0 amide bonds. The number of hydrogen-bond acceptors (Lipinski definition) is 4. The fourth-order valence-corrected chi connectivity index (χ4v) is 2.16. The predicted molar refractivity (Wildman–Crippen MR) is 76.7 cm³/mol. The minimum Gasteiger partial charge on any atom is -0.493 e. The summed E-state index contributed by atoms with van der Waals surface area (Å²) in [7, 11) is 1.61. The molecule has 4 heteroatoms. The summed E-state index contributed by atoms with van der Waals surface area (Å²) in [6.45, 7) is 4.58.